The van der Waals surface area contributed by atoms with Gasteiger partial charge in [-0.2, -0.15) is 5.26 Å². The van der Waals surface area contributed by atoms with Gasteiger partial charge in [0.15, 0.2) is 5.78 Å². The van der Waals surface area contributed by atoms with E-state index in [9.17, 15) is 10.1 Å². The number of nitrogens with zero attached hydrogens (tertiary/aromatic N) is 1. The molecule has 0 amide bonds. The Kier molecular flexibility index (Phi) is 4.66. The number of hydrogen-bond acceptors (Lipinski definition) is 5. The van der Waals surface area contributed by atoms with E-state index in [1.54, 1.807) is 7.11 Å². The first-order valence-corrected chi connectivity index (χ1v) is 9.48. The molecule has 0 bridgehead atoms. The minimum Gasteiger partial charge on any atom is -0.497 e. The second-order valence-electron chi connectivity index (χ2n) is 7.22. The summed E-state index contributed by atoms with van der Waals surface area (Å²) in [5.74, 6) is 0.584. The number of Topliss-reactive ketones (excluding diaryl/α,β-unsaturated/α-hetero) is 1. The Bertz CT molecular complexity index is 813. The molecule has 0 saturated carbocycles. The molecule has 0 fully saturated rings. The highest BCUT2D eigenvalue weighted by Gasteiger charge is 2.41. The number of hydrogen-bond donors (Lipinski definition) is 1. The molecule has 0 spiro atoms. The number of methoxy groups -OCH3 is 1. The van der Waals surface area contributed by atoms with Gasteiger partial charge in [0.1, 0.15) is 5.75 Å². The summed E-state index contributed by atoms with van der Waals surface area (Å²) in [6, 6.07) is 9.98. The van der Waals surface area contributed by atoms with Crippen LogP contribution < -0.4 is 10.1 Å². The molecular weight excluding hydrogens is 332 g/mol. The van der Waals surface area contributed by atoms with E-state index < -0.39 is 0 Å². The van der Waals surface area contributed by atoms with Crippen molar-refractivity contribution in [3.8, 4) is 11.8 Å². The maximum absolute atomic E-state index is 12.9. The summed E-state index contributed by atoms with van der Waals surface area (Å²) < 4.78 is 5.23. The van der Waals surface area contributed by atoms with Crippen molar-refractivity contribution in [2.45, 2.75) is 32.6 Å². The highest BCUT2D eigenvalue weighted by Crippen LogP contribution is 2.47. The second kappa shape index (κ2) is 6.61. The molecule has 0 aromatic heterocycles. The first-order valence-electron chi connectivity index (χ1n) is 8.25. The molecule has 1 atom stereocenters. The zero-order valence-electron chi connectivity index (χ0n) is 15.0. The first-order chi connectivity index (χ1) is 11.9. The number of benzene rings is 1. The maximum Gasteiger partial charge on any atom is 0.162 e. The van der Waals surface area contributed by atoms with Crippen molar-refractivity contribution in [3.63, 3.8) is 0 Å². The van der Waals surface area contributed by atoms with Gasteiger partial charge in [0.05, 0.1) is 29.7 Å². The number of dihydropyridines is 1. The molecule has 5 heteroatoms. The van der Waals surface area contributed by atoms with Gasteiger partial charge < -0.3 is 10.1 Å². The number of rotatable bonds is 3. The number of thioether (sulfide) groups is 1. The number of nitrogens with one attached hydrogen (secondary N) is 1. The standard InChI is InChI=1S/C20H22N2O2S/c1-20(2)9-15-18(16(23)10-20)17(14(11-21)19(22-15)25-4)12-5-7-13(24-3)8-6-12/h5-8,17,22H,9-10H2,1-4H3/t17-/m1/s1. The predicted molar refractivity (Wildman–Crippen MR) is 100 cm³/mol. The van der Waals surface area contributed by atoms with E-state index in [-0.39, 0.29) is 17.1 Å². The average Bonchev–Trinajstić information content (AvgIpc) is 2.59. The van der Waals surface area contributed by atoms with Gasteiger partial charge in [0, 0.05) is 17.7 Å². The summed E-state index contributed by atoms with van der Waals surface area (Å²) in [4.78, 5) is 12.9. The molecule has 1 aliphatic heterocycles. The fourth-order valence-corrected chi connectivity index (χ4v) is 4.28. The largest absolute Gasteiger partial charge is 0.497 e. The highest BCUT2D eigenvalue weighted by molar-refractivity contribution is 8.02. The number of nitriles is 1. The van der Waals surface area contributed by atoms with E-state index in [1.807, 2.05) is 30.5 Å². The van der Waals surface area contributed by atoms with Crippen LogP contribution in [0.25, 0.3) is 0 Å². The Hall–Kier alpha value is -2.19. The third kappa shape index (κ3) is 3.19. The monoisotopic (exact) mass is 354 g/mol. The van der Waals surface area contributed by atoms with E-state index in [0.29, 0.717) is 12.0 Å². The molecule has 0 radical (unpaired) electrons. The van der Waals surface area contributed by atoms with Crippen molar-refractivity contribution < 1.29 is 9.53 Å². The van der Waals surface area contributed by atoms with Crippen LogP contribution in [-0.4, -0.2) is 19.1 Å². The van der Waals surface area contributed by atoms with Crippen molar-refractivity contribution in [3.05, 3.63) is 51.7 Å². The molecular formula is C20H22N2O2S. The average molecular weight is 354 g/mol. The van der Waals surface area contributed by atoms with Gasteiger partial charge in [0.25, 0.3) is 0 Å². The summed E-state index contributed by atoms with van der Waals surface area (Å²) in [7, 11) is 1.62. The molecule has 1 N–H and O–H groups in total. The van der Waals surface area contributed by atoms with Crippen LogP contribution in [0.4, 0.5) is 0 Å². The molecule has 3 rings (SSSR count). The van der Waals surface area contributed by atoms with E-state index >= 15 is 0 Å². The number of carbonyl (C=O) groups excluding carboxylic acids is 1. The smallest absolute Gasteiger partial charge is 0.162 e. The molecule has 1 heterocycles. The number of allylic oxidation sites excluding steroid dienone is 3. The Morgan fingerprint density at radius 3 is 2.52 bits per heavy atom. The molecule has 1 aliphatic carbocycles. The molecule has 0 saturated heterocycles. The van der Waals surface area contributed by atoms with Gasteiger partial charge in [-0.3, -0.25) is 4.79 Å². The lowest BCUT2D eigenvalue weighted by atomic mass is 9.69. The molecule has 1 aromatic carbocycles. The Balaban J connectivity index is 2.16. The van der Waals surface area contributed by atoms with Gasteiger partial charge in [-0.25, -0.2) is 0 Å². The van der Waals surface area contributed by atoms with Crippen molar-refractivity contribution >= 4 is 17.5 Å². The number of carbonyl (C=O) groups is 1. The van der Waals surface area contributed by atoms with Gasteiger partial charge >= 0.3 is 0 Å². The Morgan fingerprint density at radius 2 is 1.96 bits per heavy atom. The van der Waals surface area contributed by atoms with Gasteiger partial charge in [-0.1, -0.05) is 26.0 Å². The van der Waals surface area contributed by atoms with Crippen LogP contribution in [-0.2, 0) is 4.79 Å². The first kappa shape index (κ1) is 17.6. The van der Waals surface area contributed by atoms with E-state index in [1.165, 1.54) is 11.8 Å². The van der Waals surface area contributed by atoms with Gasteiger partial charge in [0.2, 0.25) is 0 Å². The highest BCUT2D eigenvalue weighted by atomic mass is 32.2. The lowest BCUT2D eigenvalue weighted by Gasteiger charge is -2.38. The number of ketones is 1. The van der Waals surface area contributed by atoms with Crippen LogP contribution in [0.15, 0.2) is 46.1 Å². The van der Waals surface area contributed by atoms with Gasteiger partial charge in [-0.05, 0) is 35.8 Å². The summed E-state index contributed by atoms with van der Waals surface area (Å²) in [5.41, 5.74) is 3.21. The fourth-order valence-electron chi connectivity index (χ4n) is 3.67. The molecule has 1 aromatic rings. The quantitative estimate of drug-likeness (QED) is 0.884. The van der Waals surface area contributed by atoms with Crippen molar-refractivity contribution in [1.82, 2.24) is 5.32 Å². The van der Waals surface area contributed by atoms with Crippen molar-refractivity contribution in [1.29, 1.82) is 5.26 Å². The Morgan fingerprint density at radius 1 is 1.28 bits per heavy atom. The molecule has 130 valence electrons. The third-order valence-electron chi connectivity index (χ3n) is 4.78. The Labute approximate surface area is 152 Å². The third-order valence-corrected chi connectivity index (χ3v) is 5.51. The van der Waals surface area contributed by atoms with Crippen LogP contribution >= 0.6 is 11.8 Å². The van der Waals surface area contributed by atoms with Crippen molar-refractivity contribution in [2.75, 3.05) is 13.4 Å². The topological polar surface area (TPSA) is 62.1 Å². The maximum atomic E-state index is 12.9. The number of ether oxygens (including phenoxy) is 1. The minimum atomic E-state index is -0.307. The lowest BCUT2D eigenvalue weighted by molar-refractivity contribution is -0.118. The predicted octanol–water partition coefficient (Wildman–Crippen LogP) is 4.12. The minimum absolute atomic E-state index is 0.0684. The van der Waals surface area contributed by atoms with Crippen LogP contribution in [0.2, 0.25) is 0 Å². The van der Waals surface area contributed by atoms with Crippen LogP contribution in [0.5, 0.6) is 5.75 Å². The van der Waals surface area contributed by atoms with Crippen LogP contribution in [0, 0.1) is 16.7 Å². The zero-order valence-corrected chi connectivity index (χ0v) is 15.8. The molecule has 25 heavy (non-hydrogen) atoms. The lowest BCUT2D eigenvalue weighted by Crippen LogP contribution is -2.36. The summed E-state index contributed by atoms with van der Waals surface area (Å²) in [6.45, 7) is 4.22. The molecule has 2 aliphatic rings. The molecule has 0 unspecified atom stereocenters. The molecule has 4 nitrogen and oxygen atoms in total. The van der Waals surface area contributed by atoms with E-state index in [4.69, 9.17) is 4.74 Å². The van der Waals surface area contributed by atoms with E-state index in [2.05, 4.69) is 25.2 Å². The summed E-state index contributed by atoms with van der Waals surface area (Å²) >= 11 is 1.52. The second-order valence-corrected chi connectivity index (χ2v) is 8.04. The summed E-state index contributed by atoms with van der Waals surface area (Å²) in [5, 5.41) is 14.0. The van der Waals surface area contributed by atoms with Crippen molar-refractivity contribution in [2.24, 2.45) is 5.41 Å². The van der Waals surface area contributed by atoms with Gasteiger partial charge in [-0.15, -0.1) is 11.8 Å². The van der Waals surface area contributed by atoms with Crippen LogP contribution in [0.1, 0.15) is 38.2 Å². The SMILES string of the molecule is COc1ccc([C@@H]2C(C#N)=C(SC)NC3=C2C(=O)CC(C)(C)C3)cc1. The zero-order chi connectivity index (χ0) is 18.2. The fraction of sp³-hybridized carbons (Fsp3) is 0.400. The van der Waals surface area contributed by atoms with E-state index in [0.717, 1.165) is 34.0 Å². The van der Waals surface area contributed by atoms with Crippen LogP contribution in [0.3, 0.4) is 0 Å². The summed E-state index contributed by atoms with van der Waals surface area (Å²) in [6.07, 6.45) is 3.27. The normalized spacial score (nSPS) is 22.2.